The van der Waals surface area contributed by atoms with Crippen LogP contribution in [-0.2, 0) is 14.8 Å². The monoisotopic (exact) mass is 290 g/mol. The molecule has 0 saturated heterocycles. The van der Waals surface area contributed by atoms with Crippen molar-refractivity contribution in [3.05, 3.63) is 30.1 Å². The first-order chi connectivity index (χ1) is 8.95. The minimum absolute atomic E-state index is 0.0540. The molecule has 0 aromatic heterocycles. The van der Waals surface area contributed by atoms with Crippen LogP contribution in [0.4, 0.5) is 4.39 Å². The summed E-state index contributed by atoms with van der Waals surface area (Å²) in [5, 5.41) is 10.9. The number of aliphatic hydroxyl groups is 1. The Hall–Kier alpha value is -1.51. The first kappa shape index (κ1) is 15.5. The Morgan fingerprint density at radius 1 is 1.26 bits per heavy atom. The molecule has 0 heterocycles. The van der Waals surface area contributed by atoms with Gasteiger partial charge in [0.25, 0.3) is 0 Å². The molecule has 0 saturated carbocycles. The molecule has 1 rings (SSSR count). The summed E-state index contributed by atoms with van der Waals surface area (Å²) in [4.78, 5) is 11.2. The third kappa shape index (κ3) is 5.33. The van der Waals surface area contributed by atoms with Gasteiger partial charge in [-0.1, -0.05) is 0 Å². The molecule has 0 aliphatic rings. The highest BCUT2D eigenvalue weighted by Gasteiger charge is 2.15. The van der Waals surface area contributed by atoms with Crippen molar-refractivity contribution in [3.63, 3.8) is 0 Å². The highest BCUT2D eigenvalue weighted by atomic mass is 32.2. The minimum atomic E-state index is -3.83. The first-order valence-corrected chi connectivity index (χ1v) is 7.07. The number of halogens is 1. The minimum Gasteiger partial charge on any atom is -0.396 e. The van der Waals surface area contributed by atoms with Crippen LogP contribution in [0.25, 0.3) is 0 Å². The Labute approximate surface area is 110 Å². The van der Waals surface area contributed by atoms with Crippen molar-refractivity contribution in [1.82, 2.24) is 10.0 Å². The molecular weight excluding hydrogens is 275 g/mol. The maximum atomic E-state index is 12.7. The maximum Gasteiger partial charge on any atom is 0.241 e. The largest absolute Gasteiger partial charge is 0.396 e. The zero-order valence-corrected chi connectivity index (χ0v) is 10.9. The van der Waals surface area contributed by atoms with E-state index in [1.54, 1.807) is 0 Å². The van der Waals surface area contributed by atoms with E-state index in [-0.39, 0.29) is 18.0 Å². The lowest BCUT2D eigenvalue weighted by Crippen LogP contribution is -2.37. The number of amides is 1. The van der Waals surface area contributed by atoms with Gasteiger partial charge in [-0.2, -0.15) is 0 Å². The van der Waals surface area contributed by atoms with E-state index in [1.165, 1.54) is 0 Å². The molecule has 1 aromatic carbocycles. The fraction of sp³-hybridized carbons (Fsp3) is 0.364. The topological polar surface area (TPSA) is 95.5 Å². The molecule has 3 N–H and O–H groups in total. The Morgan fingerprint density at radius 3 is 2.47 bits per heavy atom. The Kier molecular flexibility index (Phi) is 5.87. The van der Waals surface area contributed by atoms with Crippen LogP contribution in [-0.4, -0.2) is 39.1 Å². The number of sulfonamides is 1. The van der Waals surface area contributed by atoms with Crippen LogP contribution >= 0.6 is 0 Å². The number of rotatable bonds is 7. The molecule has 0 aliphatic heterocycles. The van der Waals surface area contributed by atoms with Gasteiger partial charge in [0.1, 0.15) is 5.82 Å². The van der Waals surface area contributed by atoms with Crippen LogP contribution in [0.3, 0.4) is 0 Å². The molecule has 106 valence electrons. The van der Waals surface area contributed by atoms with Crippen LogP contribution in [0.2, 0.25) is 0 Å². The van der Waals surface area contributed by atoms with E-state index in [9.17, 15) is 17.6 Å². The van der Waals surface area contributed by atoms with E-state index >= 15 is 0 Å². The quantitative estimate of drug-likeness (QED) is 0.596. The molecule has 1 aromatic rings. The fourth-order valence-corrected chi connectivity index (χ4v) is 2.21. The third-order valence-corrected chi connectivity index (χ3v) is 3.62. The summed E-state index contributed by atoms with van der Waals surface area (Å²) < 4.78 is 38.2. The number of aliphatic hydroxyl groups excluding tert-OH is 1. The summed E-state index contributed by atoms with van der Waals surface area (Å²) in [6.07, 6.45) is 0.399. The first-order valence-electron chi connectivity index (χ1n) is 5.58. The summed E-state index contributed by atoms with van der Waals surface area (Å²) in [7, 11) is -3.83. The average molecular weight is 290 g/mol. The molecule has 0 bridgehead atoms. The SMILES string of the molecule is O=C(CNS(=O)(=O)c1ccc(F)cc1)NCCCO. The van der Waals surface area contributed by atoms with Gasteiger partial charge in [0.2, 0.25) is 15.9 Å². The summed E-state index contributed by atoms with van der Waals surface area (Å²) in [6, 6.07) is 4.27. The third-order valence-electron chi connectivity index (χ3n) is 2.20. The van der Waals surface area contributed by atoms with Gasteiger partial charge in [-0.15, -0.1) is 0 Å². The van der Waals surface area contributed by atoms with Crippen molar-refractivity contribution in [3.8, 4) is 0 Å². The van der Waals surface area contributed by atoms with Gasteiger partial charge in [-0.05, 0) is 30.7 Å². The van der Waals surface area contributed by atoms with E-state index in [4.69, 9.17) is 5.11 Å². The van der Waals surface area contributed by atoms with Gasteiger partial charge in [-0.25, -0.2) is 17.5 Å². The summed E-state index contributed by atoms with van der Waals surface area (Å²) in [6.45, 7) is -0.194. The van der Waals surface area contributed by atoms with Crippen molar-refractivity contribution in [1.29, 1.82) is 0 Å². The second kappa shape index (κ2) is 7.17. The molecule has 19 heavy (non-hydrogen) atoms. The second-order valence-corrected chi connectivity index (χ2v) is 5.47. The van der Waals surface area contributed by atoms with E-state index < -0.39 is 28.3 Å². The number of hydrogen-bond acceptors (Lipinski definition) is 4. The molecule has 0 aliphatic carbocycles. The van der Waals surface area contributed by atoms with Gasteiger partial charge in [-0.3, -0.25) is 4.79 Å². The number of hydrogen-bond donors (Lipinski definition) is 3. The van der Waals surface area contributed by atoms with Crippen LogP contribution in [0.5, 0.6) is 0 Å². The van der Waals surface area contributed by atoms with E-state index in [0.717, 1.165) is 24.3 Å². The van der Waals surface area contributed by atoms with Gasteiger partial charge < -0.3 is 10.4 Å². The van der Waals surface area contributed by atoms with Crippen molar-refractivity contribution in [2.75, 3.05) is 19.7 Å². The van der Waals surface area contributed by atoms with Gasteiger partial charge in [0.15, 0.2) is 0 Å². The molecule has 0 fully saturated rings. The number of carbonyl (C=O) groups is 1. The predicted molar refractivity (Wildman–Crippen MR) is 66.3 cm³/mol. The van der Waals surface area contributed by atoms with E-state index in [2.05, 4.69) is 10.0 Å². The zero-order chi connectivity index (χ0) is 14.3. The summed E-state index contributed by atoms with van der Waals surface area (Å²) >= 11 is 0. The fourth-order valence-electron chi connectivity index (χ4n) is 1.23. The lowest BCUT2D eigenvalue weighted by molar-refractivity contribution is -0.119. The lowest BCUT2D eigenvalue weighted by Gasteiger charge is -2.07. The molecule has 0 spiro atoms. The number of carbonyl (C=O) groups excluding carboxylic acids is 1. The molecule has 1 amide bonds. The van der Waals surface area contributed by atoms with Crippen molar-refractivity contribution >= 4 is 15.9 Å². The smallest absolute Gasteiger partial charge is 0.241 e. The summed E-state index contributed by atoms with van der Waals surface area (Å²) in [5.41, 5.74) is 0. The van der Waals surface area contributed by atoms with Crippen LogP contribution in [0.15, 0.2) is 29.2 Å². The zero-order valence-electron chi connectivity index (χ0n) is 10.1. The highest BCUT2D eigenvalue weighted by Crippen LogP contribution is 2.08. The molecule has 0 unspecified atom stereocenters. The van der Waals surface area contributed by atoms with Crippen LogP contribution < -0.4 is 10.0 Å². The van der Waals surface area contributed by atoms with Gasteiger partial charge in [0, 0.05) is 13.2 Å². The Morgan fingerprint density at radius 2 is 1.89 bits per heavy atom. The van der Waals surface area contributed by atoms with Crippen LogP contribution in [0.1, 0.15) is 6.42 Å². The lowest BCUT2D eigenvalue weighted by atomic mass is 10.4. The predicted octanol–water partition coefficient (Wildman–Crippen LogP) is -0.397. The molecule has 8 heteroatoms. The Balaban J connectivity index is 2.51. The number of benzene rings is 1. The van der Waals surface area contributed by atoms with Crippen molar-refractivity contribution in [2.24, 2.45) is 0 Å². The molecule has 0 atom stereocenters. The molecule has 0 radical (unpaired) electrons. The second-order valence-electron chi connectivity index (χ2n) is 3.71. The van der Waals surface area contributed by atoms with E-state index in [0.29, 0.717) is 6.42 Å². The summed E-state index contributed by atoms with van der Waals surface area (Å²) in [5.74, 6) is -1.04. The van der Waals surface area contributed by atoms with Crippen molar-refractivity contribution < 1.29 is 22.7 Å². The molecular formula is C11H15FN2O4S. The van der Waals surface area contributed by atoms with Crippen molar-refractivity contribution in [2.45, 2.75) is 11.3 Å². The Bertz CT molecular complexity index is 516. The van der Waals surface area contributed by atoms with Crippen LogP contribution in [0, 0.1) is 5.82 Å². The normalized spacial score (nSPS) is 11.3. The van der Waals surface area contributed by atoms with Gasteiger partial charge in [0.05, 0.1) is 11.4 Å². The average Bonchev–Trinajstić information content (AvgIpc) is 2.37. The van der Waals surface area contributed by atoms with E-state index in [1.807, 2.05) is 0 Å². The standard InChI is InChI=1S/C11H15FN2O4S/c12-9-2-4-10(5-3-9)19(17,18)14-8-11(16)13-6-1-7-15/h2-5,14-15H,1,6-8H2,(H,13,16). The molecule has 6 nitrogen and oxygen atoms in total. The maximum absolute atomic E-state index is 12.7. The highest BCUT2D eigenvalue weighted by molar-refractivity contribution is 7.89. The van der Waals surface area contributed by atoms with Gasteiger partial charge >= 0.3 is 0 Å². The number of nitrogens with one attached hydrogen (secondary N) is 2.